The third kappa shape index (κ3) is 4.07. The van der Waals surface area contributed by atoms with Gasteiger partial charge in [0.2, 0.25) is 12.2 Å². The van der Waals surface area contributed by atoms with Crippen LogP contribution in [0.2, 0.25) is 0 Å². The molecule has 0 spiro atoms. The average Bonchev–Trinajstić information content (AvgIpc) is 1.86. The van der Waals surface area contributed by atoms with E-state index in [1.165, 1.54) is 4.90 Å². The van der Waals surface area contributed by atoms with Gasteiger partial charge in [-0.2, -0.15) is 4.39 Å². The number of nitrogens with zero attached hydrogens (tertiary/aromatic N) is 1. The monoisotopic (exact) mass is 160 g/mol. The van der Waals surface area contributed by atoms with Gasteiger partial charge in [-0.05, 0) is 0 Å². The van der Waals surface area contributed by atoms with Gasteiger partial charge in [-0.3, -0.25) is 14.9 Å². The van der Waals surface area contributed by atoms with Crippen molar-refractivity contribution in [2.24, 2.45) is 0 Å². The minimum atomic E-state index is -1.03. The van der Waals surface area contributed by atoms with Crippen molar-refractivity contribution < 1.29 is 14.0 Å². The quantitative estimate of drug-likeness (QED) is 0.452. The van der Waals surface area contributed by atoms with Crippen LogP contribution in [0, 0.1) is 0 Å². The lowest BCUT2D eigenvalue weighted by molar-refractivity contribution is -0.123. The standard InChI is InChI=1S/C6H9FN2O2/c1-9(2)3-5(7)6(11)8-4-10/h3-4H,1-2H3,(H,8,10,11)/b5-3+. The van der Waals surface area contributed by atoms with E-state index in [9.17, 15) is 14.0 Å². The zero-order valence-electron chi connectivity index (χ0n) is 6.30. The molecule has 5 heteroatoms. The van der Waals surface area contributed by atoms with Gasteiger partial charge in [0.05, 0.1) is 0 Å². The van der Waals surface area contributed by atoms with Crippen LogP contribution >= 0.6 is 0 Å². The largest absolute Gasteiger partial charge is 0.381 e. The maximum Gasteiger partial charge on any atom is 0.287 e. The van der Waals surface area contributed by atoms with Crippen LogP contribution in [-0.2, 0) is 9.59 Å². The number of carbonyl (C=O) groups is 2. The van der Waals surface area contributed by atoms with E-state index in [1.54, 1.807) is 19.4 Å². The molecule has 0 aromatic rings. The van der Waals surface area contributed by atoms with Crippen molar-refractivity contribution in [1.29, 1.82) is 0 Å². The predicted molar refractivity (Wildman–Crippen MR) is 37.1 cm³/mol. The van der Waals surface area contributed by atoms with Crippen molar-refractivity contribution in [1.82, 2.24) is 10.2 Å². The highest BCUT2D eigenvalue weighted by Crippen LogP contribution is 1.95. The summed E-state index contributed by atoms with van der Waals surface area (Å²) < 4.78 is 12.5. The van der Waals surface area contributed by atoms with E-state index in [4.69, 9.17) is 0 Å². The first-order valence-electron chi connectivity index (χ1n) is 2.86. The summed E-state index contributed by atoms with van der Waals surface area (Å²) >= 11 is 0. The third-order valence-corrected chi connectivity index (χ3v) is 0.778. The molecule has 0 aromatic heterocycles. The van der Waals surface area contributed by atoms with E-state index in [1.807, 2.05) is 0 Å². The molecule has 62 valence electrons. The van der Waals surface area contributed by atoms with Crippen LogP contribution < -0.4 is 5.32 Å². The fraction of sp³-hybridized carbons (Fsp3) is 0.333. The van der Waals surface area contributed by atoms with Gasteiger partial charge >= 0.3 is 0 Å². The van der Waals surface area contributed by atoms with Crippen molar-refractivity contribution in [2.45, 2.75) is 0 Å². The molecule has 0 heterocycles. The highest BCUT2D eigenvalue weighted by atomic mass is 19.1. The fourth-order valence-corrected chi connectivity index (χ4v) is 0.408. The van der Waals surface area contributed by atoms with Gasteiger partial charge < -0.3 is 4.90 Å². The Morgan fingerprint density at radius 1 is 1.55 bits per heavy atom. The van der Waals surface area contributed by atoms with Crippen LogP contribution in [0.1, 0.15) is 0 Å². The second-order valence-corrected chi connectivity index (χ2v) is 2.03. The smallest absolute Gasteiger partial charge is 0.287 e. The molecule has 0 rings (SSSR count). The number of imide groups is 1. The fourth-order valence-electron chi connectivity index (χ4n) is 0.408. The molecule has 0 saturated carbocycles. The molecule has 0 saturated heterocycles. The van der Waals surface area contributed by atoms with Gasteiger partial charge in [0.15, 0.2) is 0 Å². The van der Waals surface area contributed by atoms with Crippen LogP contribution in [-0.4, -0.2) is 31.3 Å². The maximum atomic E-state index is 12.5. The molecule has 11 heavy (non-hydrogen) atoms. The number of hydrogen-bond acceptors (Lipinski definition) is 3. The molecule has 0 bridgehead atoms. The SMILES string of the molecule is CN(C)/C=C(/F)C(=O)NC=O. The van der Waals surface area contributed by atoms with Crippen LogP contribution in [0.5, 0.6) is 0 Å². The van der Waals surface area contributed by atoms with Crippen molar-refractivity contribution in [3.05, 3.63) is 12.0 Å². The summed E-state index contributed by atoms with van der Waals surface area (Å²) in [4.78, 5) is 21.5. The van der Waals surface area contributed by atoms with Gasteiger partial charge in [-0.15, -0.1) is 0 Å². The van der Waals surface area contributed by atoms with Crippen molar-refractivity contribution in [2.75, 3.05) is 14.1 Å². The summed E-state index contributed by atoms with van der Waals surface area (Å²) in [6.45, 7) is 0. The molecule has 0 radical (unpaired) electrons. The van der Waals surface area contributed by atoms with Gasteiger partial charge in [0.1, 0.15) is 0 Å². The lowest BCUT2D eigenvalue weighted by atomic mass is 10.5. The van der Waals surface area contributed by atoms with Crippen molar-refractivity contribution in [3.8, 4) is 0 Å². The van der Waals surface area contributed by atoms with Crippen molar-refractivity contribution in [3.63, 3.8) is 0 Å². The van der Waals surface area contributed by atoms with Gasteiger partial charge in [0, 0.05) is 20.3 Å². The predicted octanol–water partition coefficient (Wildman–Crippen LogP) is -0.368. The van der Waals surface area contributed by atoms with Crippen LogP contribution in [0.15, 0.2) is 12.0 Å². The first-order valence-corrected chi connectivity index (χ1v) is 2.86. The summed E-state index contributed by atoms with van der Waals surface area (Å²) in [5, 5.41) is 1.66. The Balaban J connectivity index is 4.11. The molecular weight excluding hydrogens is 151 g/mol. The molecule has 0 unspecified atom stereocenters. The lowest BCUT2D eigenvalue weighted by Gasteiger charge is -2.03. The Labute approximate surface area is 63.7 Å². The summed E-state index contributed by atoms with van der Waals surface area (Å²) in [7, 11) is 3.13. The van der Waals surface area contributed by atoms with E-state index in [0.29, 0.717) is 0 Å². The molecule has 2 amide bonds. The summed E-state index contributed by atoms with van der Waals surface area (Å²) in [5.74, 6) is -2.03. The van der Waals surface area contributed by atoms with Gasteiger partial charge in [-0.25, -0.2) is 0 Å². The highest BCUT2D eigenvalue weighted by Gasteiger charge is 2.06. The summed E-state index contributed by atoms with van der Waals surface area (Å²) in [6.07, 6.45) is 1.10. The van der Waals surface area contributed by atoms with Crippen molar-refractivity contribution >= 4 is 12.3 Å². The second kappa shape index (κ2) is 4.43. The number of hydrogen-bond donors (Lipinski definition) is 1. The molecule has 0 aliphatic heterocycles. The molecule has 4 nitrogen and oxygen atoms in total. The number of halogens is 1. The average molecular weight is 160 g/mol. The Hall–Kier alpha value is -1.39. The maximum absolute atomic E-state index is 12.5. The minimum Gasteiger partial charge on any atom is -0.381 e. The van der Waals surface area contributed by atoms with E-state index in [2.05, 4.69) is 0 Å². The molecule has 0 aliphatic carbocycles. The van der Waals surface area contributed by atoms with E-state index >= 15 is 0 Å². The molecule has 0 aromatic carbocycles. The van der Waals surface area contributed by atoms with Crippen LogP contribution in [0.3, 0.4) is 0 Å². The molecule has 0 atom stereocenters. The summed E-state index contributed by atoms with van der Waals surface area (Å²) in [5.41, 5.74) is 0. The van der Waals surface area contributed by atoms with Gasteiger partial charge in [0.25, 0.3) is 5.91 Å². The lowest BCUT2D eigenvalue weighted by Crippen LogP contribution is -2.22. The number of nitrogens with one attached hydrogen (secondary N) is 1. The topological polar surface area (TPSA) is 49.4 Å². The first-order chi connectivity index (χ1) is 5.07. The number of amides is 2. The zero-order valence-corrected chi connectivity index (χ0v) is 6.30. The molecule has 0 fully saturated rings. The normalized spacial score (nSPS) is 10.6. The highest BCUT2D eigenvalue weighted by molar-refractivity contribution is 5.97. The Bertz CT molecular complexity index is 189. The zero-order chi connectivity index (χ0) is 8.85. The van der Waals surface area contributed by atoms with E-state index < -0.39 is 11.7 Å². The molecule has 1 N–H and O–H groups in total. The molecule has 0 aliphatic rings. The minimum absolute atomic E-state index is 0.130. The Morgan fingerprint density at radius 2 is 2.09 bits per heavy atom. The van der Waals surface area contributed by atoms with Crippen LogP contribution in [0.25, 0.3) is 0 Å². The second-order valence-electron chi connectivity index (χ2n) is 2.03. The van der Waals surface area contributed by atoms with Gasteiger partial charge in [-0.1, -0.05) is 0 Å². The van der Waals surface area contributed by atoms with Crippen LogP contribution in [0.4, 0.5) is 4.39 Å². The third-order valence-electron chi connectivity index (χ3n) is 0.778. The first kappa shape index (κ1) is 9.61. The van der Waals surface area contributed by atoms with E-state index in [0.717, 1.165) is 6.20 Å². The van der Waals surface area contributed by atoms with E-state index in [-0.39, 0.29) is 6.41 Å². The Kier molecular flexibility index (Phi) is 3.87. The Morgan fingerprint density at radius 3 is 2.45 bits per heavy atom. The number of carbonyl (C=O) groups excluding carboxylic acids is 2. The summed E-state index contributed by atoms with van der Waals surface area (Å²) in [6, 6.07) is 0. The molecular formula is C6H9FN2O2. The number of rotatable bonds is 3.